The largest absolute Gasteiger partial charge is 0.395 e. The summed E-state index contributed by atoms with van der Waals surface area (Å²) in [5, 5.41) is 18.4. The Kier molecular flexibility index (Phi) is 4.41. The van der Waals surface area contributed by atoms with Gasteiger partial charge >= 0.3 is 0 Å². The van der Waals surface area contributed by atoms with Gasteiger partial charge in [-0.1, -0.05) is 12.1 Å². The monoisotopic (exact) mass is 213 g/mol. The lowest BCUT2D eigenvalue weighted by atomic mass is 10.0. The van der Waals surface area contributed by atoms with E-state index in [1.807, 2.05) is 30.5 Å². The van der Waals surface area contributed by atoms with Gasteiger partial charge in [0.25, 0.3) is 0 Å². The van der Waals surface area contributed by atoms with E-state index in [-0.39, 0.29) is 6.61 Å². The molecule has 4 N–H and O–H groups in total. The van der Waals surface area contributed by atoms with Crippen molar-refractivity contribution in [3.05, 3.63) is 29.8 Å². The maximum absolute atomic E-state index is 9.66. The van der Waals surface area contributed by atoms with Gasteiger partial charge in [0.05, 0.1) is 18.8 Å². The van der Waals surface area contributed by atoms with Gasteiger partial charge in [0.1, 0.15) is 0 Å². The van der Waals surface area contributed by atoms with Crippen LogP contribution < -0.4 is 5.73 Å². The molecule has 4 heteroatoms. The number of rotatable bonds is 4. The van der Waals surface area contributed by atoms with Gasteiger partial charge in [0.15, 0.2) is 0 Å². The van der Waals surface area contributed by atoms with E-state index in [4.69, 9.17) is 10.8 Å². The highest BCUT2D eigenvalue weighted by Crippen LogP contribution is 2.20. The molecule has 0 spiro atoms. The molecule has 1 aromatic rings. The molecule has 0 saturated carbocycles. The minimum atomic E-state index is -0.795. The third-order valence-corrected chi connectivity index (χ3v) is 2.82. The minimum Gasteiger partial charge on any atom is -0.395 e. The molecule has 1 aromatic carbocycles. The van der Waals surface area contributed by atoms with Gasteiger partial charge in [-0.15, -0.1) is 11.8 Å². The molecule has 0 aromatic heterocycles. The molecule has 0 aliphatic heterocycles. The molecule has 0 aliphatic carbocycles. The van der Waals surface area contributed by atoms with Crippen LogP contribution in [-0.2, 0) is 0 Å². The number of hydrogen-bond donors (Lipinski definition) is 3. The predicted octanol–water partition coefficient (Wildman–Crippen LogP) is 0.762. The Bertz CT molecular complexity index is 276. The lowest BCUT2D eigenvalue weighted by Crippen LogP contribution is -2.31. The van der Waals surface area contributed by atoms with E-state index in [0.29, 0.717) is 0 Å². The highest BCUT2D eigenvalue weighted by molar-refractivity contribution is 7.98. The standard InChI is InChI=1S/C10H15NO2S/c1-14-8-4-2-7(3-5-8)10(13)9(11)6-12/h2-5,9-10,12-13H,6,11H2,1H3/t9-,10-/m0/s1. The molecule has 2 atom stereocenters. The molecule has 0 aliphatic rings. The number of aliphatic hydroxyl groups is 2. The van der Waals surface area contributed by atoms with Crippen LogP contribution in [0.2, 0.25) is 0 Å². The third kappa shape index (κ3) is 2.72. The zero-order valence-corrected chi connectivity index (χ0v) is 8.87. The molecule has 0 heterocycles. The van der Waals surface area contributed by atoms with Gasteiger partial charge in [-0.2, -0.15) is 0 Å². The SMILES string of the molecule is CSc1ccc([C@H](O)[C@@H](N)CO)cc1. The van der Waals surface area contributed by atoms with Crippen LogP contribution >= 0.6 is 11.8 Å². The molecule has 0 saturated heterocycles. The fraction of sp³-hybridized carbons (Fsp3) is 0.400. The number of aliphatic hydroxyl groups excluding tert-OH is 2. The van der Waals surface area contributed by atoms with Gasteiger partial charge in [-0.3, -0.25) is 0 Å². The van der Waals surface area contributed by atoms with Crippen molar-refractivity contribution in [3.63, 3.8) is 0 Å². The Morgan fingerprint density at radius 3 is 2.36 bits per heavy atom. The van der Waals surface area contributed by atoms with Gasteiger partial charge in [-0.05, 0) is 24.0 Å². The van der Waals surface area contributed by atoms with E-state index < -0.39 is 12.1 Å². The summed E-state index contributed by atoms with van der Waals surface area (Å²) < 4.78 is 0. The summed E-state index contributed by atoms with van der Waals surface area (Å²) in [7, 11) is 0. The van der Waals surface area contributed by atoms with Crippen LogP contribution in [0.3, 0.4) is 0 Å². The fourth-order valence-electron chi connectivity index (χ4n) is 1.15. The van der Waals surface area contributed by atoms with Crippen molar-refractivity contribution in [1.29, 1.82) is 0 Å². The Balaban J connectivity index is 2.75. The smallest absolute Gasteiger partial charge is 0.0963 e. The van der Waals surface area contributed by atoms with Crippen LogP contribution in [0.4, 0.5) is 0 Å². The minimum absolute atomic E-state index is 0.217. The van der Waals surface area contributed by atoms with Gasteiger partial charge in [-0.25, -0.2) is 0 Å². The Morgan fingerprint density at radius 2 is 1.93 bits per heavy atom. The summed E-state index contributed by atoms with van der Waals surface area (Å²) in [5.74, 6) is 0. The number of nitrogens with two attached hydrogens (primary N) is 1. The maximum Gasteiger partial charge on any atom is 0.0963 e. The molecule has 0 amide bonds. The van der Waals surface area contributed by atoms with E-state index in [1.54, 1.807) is 11.8 Å². The summed E-state index contributed by atoms with van der Waals surface area (Å²) >= 11 is 1.64. The van der Waals surface area contributed by atoms with E-state index >= 15 is 0 Å². The third-order valence-electron chi connectivity index (χ3n) is 2.07. The second-order valence-electron chi connectivity index (χ2n) is 3.06. The summed E-state index contributed by atoms with van der Waals surface area (Å²) in [6.07, 6.45) is 1.20. The first-order valence-electron chi connectivity index (χ1n) is 4.37. The second kappa shape index (κ2) is 5.36. The van der Waals surface area contributed by atoms with Gasteiger partial charge in [0.2, 0.25) is 0 Å². The molecular formula is C10H15NO2S. The summed E-state index contributed by atoms with van der Waals surface area (Å²) in [6.45, 7) is -0.217. The molecule has 0 fully saturated rings. The van der Waals surface area contributed by atoms with Crippen LogP contribution in [0.1, 0.15) is 11.7 Å². The second-order valence-corrected chi connectivity index (χ2v) is 3.94. The Labute approximate surface area is 87.9 Å². The Hall–Kier alpha value is -0.550. The highest BCUT2D eigenvalue weighted by atomic mass is 32.2. The lowest BCUT2D eigenvalue weighted by Gasteiger charge is -2.16. The molecule has 0 bridgehead atoms. The van der Waals surface area contributed by atoms with Crippen LogP contribution in [0.15, 0.2) is 29.2 Å². The molecule has 14 heavy (non-hydrogen) atoms. The topological polar surface area (TPSA) is 66.5 Å². The summed E-state index contributed by atoms with van der Waals surface area (Å²) in [5.41, 5.74) is 6.25. The first-order valence-corrected chi connectivity index (χ1v) is 5.60. The van der Waals surface area contributed by atoms with Crippen molar-refractivity contribution in [2.45, 2.75) is 17.0 Å². The molecular weight excluding hydrogens is 198 g/mol. The number of benzene rings is 1. The fourth-order valence-corrected chi connectivity index (χ4v) is 1.56. The number of thioether (sulfide) groups is 1. The van der Waals surface area contributed by atoms with Crippen LogP contribution in [0.25, 0.3) is 0 Å². The van der Waals surface area contributed by atoms with Crippen LogP contribution in [0, 0.1) is 0 Å². The van der Waals surface area contributed by atoms with Crippen molar-refractivity contribution in [2.24, 2.45) is 5.73 Å². The molecule has 0 radical (unpaired) electrons. The van der Waals surface area contributed by atoms with Crippen molar-refractivity contribution < 1.29 is 10.2 Å². The molecule has 1 rings (SSSR count). The van der Waals surface area contributed by atoms with Gasteiger partial charge in [0, 0.05) is 4.90 Å². The van der Waals surface area contributed by atoms with Crippen molar-refractivity contribution in [3.8, 4) is 0 Å². The van der Waals surface area contributed by atoms with Crippen molar-refractivity contribution in [1.82, 2.24) is 0 Å². The van der Waals surface area contributed by atoms with E-state index in [1.165, 1.54) is 0 Å². The summed E-state index contributed by atoms with van der Waals surface area (Å²) in [6, 6.07) is 6.88. The Morgan fingerprint density at radius 1 is 1.36 bits per heavy atom. The highest BCUT2D eigenvalue weighted by Gasteiger charge is 2.15. The first kappa shape index (κ1) is 11.5. The first-order chi connectivity index (χ1) is 6.69. The van der Waals surface area contributed by atoms with Crippen molar-refractivity contribution in [2.75, 3.05) is 12.9 Å². The lowest BCUT2D eigenvalue weighted by molar-refractivity contribution is 0.109. The quantitative estimate of drug-likeness (QED) is 0.646. The molecule has 78 valence electrons. The molecule has 3 nitrogen and oxygen atoms in total. The van der Waals surface area contributed by atoms with E-state index in [0.717, 1.165) is 10.5 Å². The normalized spacial score (nSPS) is 15.1. The zero-order chi connectivity index (χ0) is 10.6. The predicted molar refractivity (Wildman–Crippen MR) is 58.2 cm³/mol. The van der Waals surface area contributed by atoms with Gasteiger partial charge < -0.3 is 15.9 Å². The average Bonchev–Trinajstić information content (AvgIpc) is 2.27. The van der Waals surface area contributed by atoms with Crippen LogP contribution in [-0.4, -0.2) is 29.1 Å². The zero-order valence-electron chi connectivity index (χ0n) is 8.05. The van der Waals surface area contributed by atoms with E-state index in [9.17, 15) is 5.11 Å². The van der Waals surface area contributed by atoms with Crippen LogP contribution in [0.5, 0.6) is 0 Å². The summed E-state index contributed by atoms with van der Waals surface area (Å²) in [4.78, 5) is 1.14. The average molecular weight is 213 g/mol. The maximum atomic E-state index is 9.66. The molecule has 0 unspecified atom stereocenters. The number of hydrogen-bond acceptors (Lipinski definition) is 4. The van der Waals surface area contributed by atoms with Crippen molar-refractivity contribution >= 4 is 11.8 Å². The van der Waals surface area contributed by atoms with E-state index in [2.05, 4.69) is 0 Å².